The minimum atomic E-state index is 0.430. The lowest BCUT2D eigenvalue weighted by atomic mass is 10.2. The van der Waals surface area contributed by atoms with E-state index >= 15 is 0 Å². The lowest BCUT2D eigenvalue weighted by Gasteiger charge is -2.14. The number of aromatic nitrogens is 2. The molecule has 102 valence electrons. The van der Waals surface area contributed by atoms with Crippen LogP contribution in [0.2, 0.25) is 0 Å². The van der Waals surface area contributed by atoms with E-state index in [2.05, 4.69) is 50.6 Å². The molecule has 0 spiro atoms. The summed E-state index contributed by atoms with van der Waals surface area (Å²) >= 11 is 5.37. The van der Waals surface area contributed by atoms with Crippen LogP contribution < -0.4 is 5.32 Å². The monoisotopic (exact) mass is 339 g/mol. The standard InChI is InChI=1S/C14H18BrN3S/c1-16-13(9-12-6-7-18(2)17-12)10-19-14-5-3-4-11(15)8-14/h3-8,13,16H,9-10H2,1-2H3. The van der Waals surface area contributed by atoms with Crippen molar-refractivity contribution in [3.63, 3.8) is 0 Å². The van der Waals surface area contributed by atoms with Crippen molar-refractivity contribution >= 4 is 27.7 Å². The van der Waals surface area contributed by atoms with Crippen LogP contribution in [0.3, 0.4) is 0 Å². The van der Waals surface area contributed by atoms with Crippen molar-refractivity contribution in [3.8, 4) is 0 Å². The van der Waals surface area contributed by atoms with E-state index in [0.29, 0.717) is 6.04 Å². The molecule has 1 atom stereocenters. The molecule has 0 aliphatic rings. The second-order valence-electron chi connectivity index (χ2n) is 4.44. The molecular weight excluding hydrogens is 322 g/mol. The molecule has 2 rings (SSSR count). The van der Waals surface area contributed by atoms with Gasteiger partial charge in [0.2, 0.25) is 0 Å². The summed E-state index contributed by atoms with van der Waals surface area (Å²) in [4.78, 5) is 1.29. The molecule has 0 saturated carbocycles. The fraction of sp³-hybridized carbons (Fsp3) is 0.357. The van der Waals surface area contributed by atoms with E-state index < -0.39 is 0 Å². The molecule has 5 heteroatoms. The number of thioether (sulfide) groups is 1. The highest BCUT2D eigenvalue weighted by molar-refractivity contribution is 9.10. The molecule has 1 aromatic carbocycles. The predicted molar refractivity (Wildman–Crippen MR) is 84.6 cm³/mol. The number of nitrogens with one attached hydrogen (secondary N) is 1. The first kappa shape index (κ1) is 14.6. The number of nitrogens with zero attached hydrogens (tertiary/aromatic N) is 2. The fourth-order valence-corrected chi connectivity index (χ4v) is 3.44. The first-order chi connectivity index (χ1) is 9.17. The van der Waals surface area contributed by atoms with Crippen molar-refractivity contribution in [1.29, 1.82) is 0 Å². The van der Waals surface area contributed by atoms with E-state index in [4.69, 9.17) is 0 Å². The number of hydrogen-bond acceptors (Lipinski definition) is 3. The maximum atomic E-state index is 4.43. The van der Waals surface area contributed by atoms with Crippen LogP contribution in [-0.4, -0.2) is 28.6 Å². The van der Waals surface area contributed by atoms with Gasteiger partial charge in [0.25, 0.3) is 0 Å². The first-order valence-corrected chi connectivity index (χ1v) is 7.99. The Morgan fingerprint density at radius 3 is 2.89 bits per heavy atom. The van der Waals surface area contributed by atoms with E-state index in [0.717, 1.165) is 22.3 Å². The zero-order chi connectivity index (χ0) is 13.7. The summed E-state index contributed by atoms with van der Waals surface area (Å²) in [6, 6.07) is 10.9. The van der Waals surface area contributed by atoms with E-state index in [9.17, 15) is 0 Å². The predicted octanol–water partition coefficient (Wildman–Crippen LogP) is 3.11. The number of halogens is 1. The van der Waals surface area contributed by atoms with Crippen molar-refractivity contribution in [3.05, 3.63) is 46.7 Å². The zero-order valence-corrected chi connectivity index (χ0v) is 13.5. The molecule has 19 heavy (non-hydrogen) atoms. The van der Waals surface area contributed by atoms with Crippen molar-refractivity contribution in [1.82, 2.24) is 15.1 Å². The quantitative estimate of drug-likeness (QED) is 0.820. The summed E-state index contributed by atoms with van der Waals surface area (Å²) in [5.74, 6) is 1.03. The van der Waals surface area contributed by atoms with Gasteiger partial charge in [-0.15, -0.1) is 11.8 Å². The lowest BCUT2D eigenvalue weighted by Crippen LogP contribution is -2.30. The average Bonchev–Trinajstić information content (AvgIpc) is 2.80. The van der Waals surface area contributed by atoms with Gasteiger partial charge in [0, 0.05) is 40.8 Å². The van der Waals surface area contributed by atoms with Crippen LogP contribution in [0.15, 0.2) is 45.9 Å². The van der Waals surface area contributed by atoms with Gasteiger partial charge < -0.3 is 5.32 Å². The molecule has 0 bridgehead atoms. The average molecular weight is 340 g/mol. The fourth-order valence-electron chi connectivity index (χ4n) is 1.82. The molecule has 0 aliphatic heterocycles. The highest BCUT2D eigenvalue weighted by Crippen LogP contribution is 2.23. The highest BCUT2D eigenvalue weighted by Gasteiger charge is 2.10. The Hall–Kier alpha value is -0.780. The maximum Gasteiger partial charge on any atom is 0.0640 e. The van der Waals surface area contributed by atoms with Gasteiger partial charge in [-0.1, -0.05) is 22.0 Å². The Morgan fingerprint density at radius 2 is 2.26 bits per heavy atom. The third-order valence-electron chi connectivity index (χ3n) is 2.88. The maximum absolute atomic E-state index is 4.43. The Kier molecular flexibility index (Phi) is 5.48. The Balaban J connectivity index is 1.89. The molecule has 1 N–H and O–H groups in total. The van der Waals surface area contributed by atoms with Crippen LogP contribution in [0.1, 0.15) is 5.69 Å². The van der Waals surface area contributed by atoms with E-state index in [1.807, 2.05) is 42.8 Å². The van der Waals surface area contributed by atoms with Gasteiger partial charge >= 0.3 is 0 Å². The van der Waals surface area contributed by atoms with Gasteiger partial charge in [0.05, 0.1) is 5.69 Å². The van der Waals surface area contributed by atoms with Crippen molar-refractivity contribution in [2.45, 2.75) is 17.4 Å². The first-order valence-electron chi connectivity index (χ1n) is 6.21. The molecule has 0 saturated heterocycles. The Morgan fingerprint density at radius 1 is 1.42 bits per heavy atom. The van der Waals surface area contributed by atoms with Gasteiger partial charge in [-0.05, 0) is 31.3 Å². The number of hydrogen-bond donors (Lipinski definition) is 1. The second-order valence-corrected chi connectivity index (χ2v) is 6.45. The minimum Gasteiger partial charge on any atom is -0.316 e. The van der Waals surface area contributed by atoms with Crippen molar-refractivity contribution in [2.24, 2.45) is 7.05 Å². The smallest absolute Gasteiger partial charge is 0.0640 e. The van der Waals surface area contributed by atoms with Gasteiger partial charge in [0.15, 0.2) is 0 Å². The van der Waals surface area contributed by atoms with Crippen molar-refractivity contribution in [2.75, 3.05) is 12.8 Å². The summed E-state index contributed by atoms with van der Waals surface area (Å²) in [6.45, 7) is 0. The third-order valence-corrected chi connectivity index (χ3v) is 4.53. The molecular formula is C14H18BrN3S. The highest BCUT2D eigenvalue weighted by atomic mass is 79.9. The van der Waals surface area contributed by atoms with Crippen molar-refractivity contribution < 1.29 is 0 Å². The summed E-state index contributed by atoms with van der Waals surface area (Å²) in [5.41, 5.74) is 1.14. The van der Waals surface area contributed by atoms with Crippen LogP contribution >= 0.6 is 27.7 Å². The van der Waals surface area contributed by atoms with E-state index in [1.54, 1.807) is 0 Å². The molecule has 0 radical (unpaired) electrons. The van der Waals surface area contributed by atoms with Gasteiger partial charge in [0.1, 0.15) is 0 Å². The number of rotatable bonds is 6. The Bertz CT molecular complexity index is 527. The molecule has 0 fully saturated rings. The number of aryl methyl sites for hydroxylation is 1. The van der Waals surface area contributed by atoms with Crippen LogP contribution in [-0.2, 0) is 13.5 Å². The molecule has 1 heterocycles. The molecule has 2 aromatic rings. The number of likely N-dealkylation sites (N-methyl/N-ethyl adjacent to an activating group) is 1. The topological polar surface area (TPSA) is 29.9 Å². The molecule has 1 unspecified atom stereocenters. The SMILES string of the molecule is CNC(CSc1cccc(Br)c1)Cc1ccn(C)n1. The molecule has 0 aliphatic carbocycles. The van der Waals surface area contributed by atoms with Crippen LogP contribution in [0.5, 0.6) is 0 Å². The molecule has 1 aromatic heterocycles. The number of benzene rings is 1. The second kappa shape index (κ2) is 7.12. The van der Waals surface area contributed by atoms with Gasteiger partial charge in [-0.3, -0.25) is 4.68 Å². The minimum absolute atomic E-state index is 0.430. The van der Waals surface area contributed by atoms with E-state index in [1.165, 1.54) is 4.90 Å². The van der Waals surface area contributed by atoms with Gasteiger partial charge in [-0.2, -0.15) is 5.10 Å². The normalized spacial score (nSPS) is 12.6. The summed E-state index contributed by atoms with van der Waals surface area (Å²) in [7, 11) is 3.96. The summed E-state index contributed by atoms with van der Waals surface area (Å²) in [6.07, 6.45) is 2.95. The third kappa shape index (κ3) is 4.67. The molecule has 0 amide bonds. The Labute approximate surface area is 126 Å². The van der Waals surface area contributed by atoms with Crippen LogP contribution in [0, 0.1) is 0 Å². The van der Waals surface area contributed by atoms with Gasteiger partial charge in [-0.25, -0.2) is 0 Å². The summed E-state index contributed by atoms with van der Waals surface area (Å²) in [5, 5.41) is 7.79. The van der Waals surface area contributed by atoms with Crippen LogP contribution in [0.25, 0.3) is 0 Å². The lowest BCUT2D eigenvalue weighted by molar-refractivity contribution is 0.600. The van der Waals surface area contributed by atoms with Crippen LogP contribution in [0.4, 0.5) is 0 Å². The largest absolute Gasteiger partial charge is 0.316 e. The summed E-state index contributed by atoms with van der Waals surface area (Å²) < 4.78 is 2.98. The van der Waals surface area contributed by atoms with E-state index in [-0.39, 0.29) is 0 Å². The zero-order valence-electron chi connectivity index (χ0n) is 11.1. The molecule has 3 nitrogen and oxygen atoms in total.